The Morgan fingerprint density at radius 3 is 2.43 bits per heavy atom. The molecule has 3 rings (SSSR count). The summed E-state index contributed by atoms with van der Waals surface area (Å²) in [6.07, 6.45) is 7.71. The van der Waals surface area contributed by atoms with Gasteiger partial charge in [0.2, 0.25) is 11.9 Å². The number of piperazine rings is 1. The minimum absolute atomic E-state index is 0.0262. The molecule has 0 aromatic carbocycles. The fourth-order valence-electron chi connectivity index (χ4n) is 3.28. The zero-order valence-electron chi connectivity index (χ0n) is 12.3. The quantitative estimate of drug-likeness (QED) is 0.865. The largest absolute Gasteiger partial charge is 0.339 e. The van der Waals surface area contributed by atoms with Crippen molar-refractivity contribution in [3.05, 3.63) is 18.5 Å². The van der Waals surface area contributed by atoms with E-state index in [0.717, 1.165) is 57.8 Å². The maximum absolute atomic E-state index is 12.6. The molecule has 1 amide bonds. The van der Waals surface area contributed by atoms with Crippen LogP contribution in [0.3, 0.4) is 0 Å². The molecule has 1 aromatic heterocycles. The van der Waals surface area contributed by atoms with Crippen molar-refractivity contribution in [3.8, 4) is 0 Å². The van der Waals surface area contributed by atoms with Crippen molar-refractivity contribution in [3.63, 3.8) is 0 Å². The maximum Gasteiger partial charge on any atom is 0.227 e. The van der Waals surface area contributed by atoms with Gasteiger partial charge in [-0.3, -0.25) is 4.79 Å². The van der Waals surface area contributed by atoms with Crippen LogP contribution in [0.15, 0.2) is 18.5 Å². The van der Waals surface area contributed by atoms with E-state index in [9.17, 15) is 4.79 Å². The summed E-state index contributed by atoms with van der Waals surface area (Å²) in [6.45, 7) is 3.05. The van der Waals surface area contributed by atoms with Crippen LogP contribution in [-0.4, -0.2) is 53.0 Å². The summed E-state index contributed by atoms with van der Waals surface area (Å²) in [5, 5.41) is 0. The minimum Gasteiger partial charge on any atom is -0.339 e. The predicted molar refractivity (Wildman–Crippen MR) is 80.8 cm³/mol. The molecular weight excluding hydrogens is 266 g/mol. The summed E-state index contributed by atoms with van der Waals surface area (Å²) in [4.78, 5) is 25.2. The first-order valence-corrected chi connectivity index (χ1v) is 7.82. The highest BCUT2D eigenvalue weighted by Crippen LogP contribution is 2.25. The van der Waals surface area contributed by atoms with Crippen molar-refractivity contribution in [2.45, 2.75) is 31.7 Å². The first-order valence-electron chi connectivity index (χ1n) is 7.82. The third-order valence-corrected chi connectivity index (χ3v) is 4.56. The van der Waals surface area contributed by atoms with E-state index in [2.05, 4.69) is 14.9 Å². The highest BCUT2D eigenvalue weighted by Gasteiger charge is 2.33. The average molecular weight is 289 g/mol. The molecule has 1 aromatic rings. The van der Waals surface area contributed by atoms with Gasteiger partial charge in [-0.25, -0.2) is 9.97 Å². The second kappa shape index (κ2) is 6.39. The van der Waals surface area contributed by atoms with E-state index in [0.29, 0.717) is 0 Å². The standard InChI is InChI=1S/C15H23N5O/c16-13-5-2-1-4-12(13)14(21)19-8-10-20(11-9-19)15-17-6-3-7-18-15/h3,6-7,12-13H,1-2,4-5,8-11,16H2. The summed E-state index contributed by atoms with van der Waals surface area (Å²) >= 11 is 0. The molecule has 0 bridgehead atoms. The molecule has 2 fully saturated rings. The van der Waals surface area contributed by atoms with Gasteiger partial charge in [0.25, 0.3) is 0 Å². The topological polar surface area (TPSA) is 75.4 Å². The normalized spacial score (nSPS) is 26.7. The molecule has 2 N–H and O–H groups in total. The lowest BCUT2D eigenvalue weighted by Crippen LogP contribution is -2.53. The Morgan fingerprint density at radius 1 is 1.10 bits per heavy atom. The number of nitrogens with zero attached hydrogens (tertiary/aromatic N) is 4. The van der Waals surface area contributed by atoms with E-state index >= 15 is 0 Å². The van der Waals surface area contributed by atoms with Gasteiger partial charge >= 0.3 is 0 Å². The third kappa shape index (κ3) is 3.15. The Morgan fingerprint density at radius 2 is 1.76 bits per heavy atom. The summed E-state index contributed by atoms with van der Waals surface area (Å²) in [6, 6.07) is 1.86. The molecule has 6 heteroatoms. The van der Waals surface area contributed by atoms with Crippen molar-refractivity contribution < 1.29 is 4.79 Å². The first-order chi connectivity index (χ1) is 10.3. The second-order valence-electron chi connectivity index (χ2n) is 5.92. The third-order valence-electron chi connectivity index (χ3n) is 4.56. The van der Waals surface area contributed by atoms with Gasteiger partial charge in [-0.15, -0.1) is 0 Å². The number of rotatable bonds is 2. The predicted octanol–water partition coefficient (Wildman–Crippen LogP) is 0.643. The number of hydrogen-bond donors (Lipinski definition) is 1. The van der Waals surface area contributed by atoms with Crippen molar-refractivity contribution in [2.75, 3.05) is 31.1 Å². The molecule has 2 heterocycles. The van der Waals surface area contributed by atoms with Crippen molar-refractivity contribution in [1.29, 1.82) is 0 Å². The summed E-state index contributed by atoms with van der Waals surface area (Å²) in [7, 11) is 0. The van der Waals surface area contributed by atoms with Crippen LogP contribution in [0, 0.1) is 5.92 Å². The van der Waals surface area contributed by atoms with E-state index in [1.165, 1.54) is 0 Å². The molecule has 2 unspecified atom stereocenters. The number of carbonyl (C=O) groups excluding carboxylic acids is 1. The van der Waals surface area contributed by atoms with E-state index in [-0.39, 0.29) is 17.9 Å². The monoisotopic (exact) mass is 289 g/mol. The Balaban J connectivity index is 1.57. The summed E-state index contributed by atoms with van der Waals surface area (Å²) in [5.74, 6) is 1.02. The summed E-state index contributed by atoms with van der Waals surface area (Å²) < 4.78 is 0. The fourth-order valence-corrected chi connectivity index (χ4v) is 3.28. The van der Waals surface area contributed by atoms with Crippen molar-refractivity contribution in [2.24, 2.45) is 11.7 Å². The number of nitrogens with two attached hydrogens (primary N) is 1. The minimum atomic E-state index is 0.0262. The van der Waals surface area contributed by atoms with Crippen LogP contribution < -0.4 is 10.6 Å². The average Bonchev–Trinajstić information content (AvgIpc) is 2.56. The van der Waals surface area contributed by atoms with Gasteiger partial charge in [0.15, 0.2) is 0 Å². The fraction of sp³-hybridized carbons (Fsp3) is 0.667. The Hall–Kier alpha value is -1.69. The van der Waals surface area contributed by atoms with Crippen LogP contribution in [0.1, 0.15) is 25.7 Å². The number of amides is 1. The number of hydrogen-bond acceptors (Lipinski definition) is 5. The van der Waals surface area contributed by atoms with Gasteiger partial charge in [-0.05, 0) is 18.9 Å². The van der Waals surface area contributed by atoms with E-state index < -0.39 is 0 Å². The molecule has 1 saturated carbocycles. The van der Waals surface area contributed by atoms with Crippen LogP contribution in [0.2, 0.25) is 0 Å². The van der Waals surface area contributed by atoms with Gasteiger partial charge in [-0.2, -0.15) is 0 Å². The van der Waals surface area contributed by atoms with Crippen LogP contribution in [0.4, 0.5) is 5.95 Å². The first kappa shape index (κ1) is 14.3. The molecule has 2 atom stereocenters. The Kier molecular flexibility index (Phi) is 4.34. The lowest BCUT2D eigenvalue weighted by Gasteiger charge is -2.38. The molecule has 0 radical (unpaired) electrons. The second-order valence-corrected chi connectivity index (χ2v) is 5.92. The zero-order chi connectivity index (χ0) is 14.7. The number of aromatic nitrogens is 2. The van der Waals surface area contributed by atoms with Gasteiger partial charge in [0.1, 0.15) is 0 Å². The zero-order valence-corrected chi connectivity index (χ0v) is 12.3. The SMILES string of the molecule is NC1CCCCC1C(=O)N1CCN(c2ncccn2)CC1. The number of carbonyl (C=O) groups is 1. The van der Waals surface area contributed by atoms with Gasteiger partial charge in [0.05, 0.1) is 5.92 Å². The molecular formula is C15H23N5O. The van der Waals surface area contributed by atoms with E-state index in [4.69, 9.17) is 5.73 Å². The number of anilines is 1. The molecule has 21 heavy (non-hydrogen) atoms. The molecule has 114 valence electrons. The van der Waals surface area contributed by atoms with Crippen LogP contribution in [-0.2, 0) is 4.79 Å². The smallest absolute Gasteiger partial charge is 0.227 e. The Labute approximate surface area is 125 Å². The van der Waals surface area contributed by atoms with Crippen molar-refractivity contribution >= 4 is 11.9 Å². The van der Waals surface area contributed by atoms with Gasteiger partial charge in [0, 0.05) is 44.6 Å². The van der Waals surface area contributed by atoms with Crippen LogP contribution in [0.25, 0.3) is 0 Å². The van der Waals surface area contributed by atoms with Gasteiger partial charge in [-0.1, -0.05) is 12.8 Å². The molecule has 2 aliphatic rings. The molecule has 6 nitrogen and oxygen atoms in total. The molecule has 0 spiro atoms. The summed E-state index contributed by atoms with van der Waals surface area (Å²) in [5.41, 5.74) is 6.13. The lowest BCUT2D eigenvalue weighted by atomic mass is 9.84. The highest BCUT2D eigenvalue weighted by atomic mass is 16.2. The highest BCUT2D eigenvalue weighted by molar-refractivity contribution is 5.80. The van der Waals surface area contributed by atoms with E-state index in [1.54, 1.807) is 12.4 Å². The Bertz CT molecular complexity index is 472. The molecule has 1 aliphatic carbocycles. The van der Waals surface area contributed by atoms with Crippen molar-refractivity contribution in [1.82, 2.24) is 14.9 Å². The molecule has 1 saturated heterocycles. The maximum atomic E-state index is 12.6. The molecule has 1 aliphatic heterocycles. The van der Waals surface area contributed by atoms with Crippen LogP contribution >= 0.6 is 0 Å². The van der Waals surface area contributed by atoms with Gasteiger partial charge < -0.3 is 15.5 Å². The van der Waals surface area contributed by atoms with E-state index in [1.807, 2.05) is 11.0 Å². The van der Waals surface area contributed by atoms with Crippen LogP contribution in [0.5, 0.6) is 0 Å². The lowest BCUT2D eigenvalue weighted by molar-refractivity contribution is -0.137.